The van der Waals surface area contributed by atoms with Crippen LogP contribution in [-0.4, -0.2) is 43.3 Å². The van der Waals surface area contributed by atoms with Crippen molar-refractivity contribution in [2.24, 2.45) is 0 Å². The molecule has 4 rings (SSSR count). The average molecular weight is 646 g/mol. The van der Waals surface area contributed by atoms with Crippen LogP contribution in [0.5, 0.6) is 0 Å². The third kappa shape index (κ3) is 8.96. The predicted molar refractivity (Wildman–Crippen MR) is 181 cm³/mol. The van der Waals surface area contributed by atoms with Crippen molar-refractivity contribution >= 4 is 39.1 Å². The monoisotopic (exact) mass is 645 g/mol. The maximum Gasteiger partial charge on any atom is 0.264 e. The highest BCUT2D eigenvalue weighted by Crippen LogP contribution is 2.28. The first-order chi connectivity index (χ1) is 21.2. The second-order valence-electron chi connectivity index (χ2n) is 12.2. The van der Waals surface area contributed by atoms with Crippen molar-refractivity contribution in [2.75, 3.05) is 10.8 Å². The molecule has 0 aromatic heterocycles. The summed E-state index contributed by atoms with van der Waals surface area (Å²) in [6.45, 7) is 8.85. The fourth-order valence-electron chi connectivity index (χ4n) is 5.16. The fraction of sp³-hybridized carbons (Fsp3) is 0.278. The summed E-state index contributed by atoms with van der Waals surface area (Å²) in [6.07, 6.45) is 0.216. The van der Waals surface area contributed by atoms with Crippen LogP contribution < -0.4 is 9.62 Å². The minimum Gasteiger partial charge on any atom is -0.350 e. The zero-order chi connectivity index (χ0) is 32.8. The van der Waals surface area contributed by atoms with Gasteiger partial charge in [0, 0.05) is 23.5 Å². The van der Waals surface area contributed by atoms with E-state index in [0.29, 0.717) is 16.3 Å². The van der Waals surface area contributed by atoms with Crippen molar-refractivity contribution in [2.45, 2.75) is 64.1 Å². The van der Waals surface area contributed by atoms with Crippen LogP contribution in [0.15, 0.2) is 108 Å². The van der Waals surface area contributed by atoms with E-state index in [1.165, 1.54) is 17.0 Å². The average Bonchev–Trinajstić information content (AvgIpc) is 2.98. The van der Waals surface area contributed by atoms with Crippen LogP contribution in [-0.2, 0) is 32.6 Å². The summed E-state index contributed by atoms with van der Waals surface area (Å²) in [5.74, 6) is -0.894. The summed E-state index contributed by atoms with van der Waals surface area (Å²) < 4.78 is 29.5. The largest absolute Gasteiger partial charge is 0.350 e. The zero-order valence-electron chi connectivity index (χ0n) is 26.3. The Bertz CT molecular complexity index is 1720. The van der Waals surface area contributed by atoms with Crippen molar-refractivity contribution in [3.8, 4) is 0 Å². The van der Waals surface area contributed by atoms with Gasteiger partial charge < -0.3 is 10.2 Å². The van der Waals surface area contributed by atoms with E-state index in [9.17, 15) is 18.0 Å². The summed E-state index contributed by atoms with van der Waals surface area (Å²) in [5, 5.41) is 3.47. The van der Waals surface area contributed by atoms with Gasteiger partial charge in [-0.1, -0.05) is 84.4 Å². The Labute approximate surface area is 271 Å². The number of rotatable bonds is 11. The van der Waals surface area contributed by atoms with E-state index in [1.807, 2.05) is 77.1 Å². The number of carbonyl (C=O) groups excluding carboxylic acids is 2. The van der Waals surface area contributed by atoms with Gasteiger partial charge in [-0.3, -0.25) is 13.9 Å². The molecule has 0 aliphatic rings. The lowest BCUT2D eigenvalue weighted by atomic mass is 10.0. The highest BCUT2D eigenvalue weighted by molar-refractivity contribution is 7.92. The Morgan fingerprint density at radius 2 is 1.38 bits per heavy atom. The molecule has 0 bridgehead atoms. The number of hydrogen-bond donors (Lipinski definition) is 1. The molecule has 0 fully saturated rings. The molecule has 236 valence electrons. The molecule has 1 N–H and O–H groups in total. The highest BCUT2D eigenvalue weighted by Gasteiger charge is 2.36. The third-order valence-electron chi connectivity index (χ3n) is 7.17. The number of nitrogens with one attached hydrogen (secondary N) is 1. The fourth-order valence-corrected chi connectivity index (χ4v) is 6.77. The summed E-state index contributed by atoms with van der Waals surface area (Å²) >= 11 is 6.57. The first kappa shape index (κ1) is 33.7. The number of nitrogens with zero attached hydrogens (tertiary/aromatic N) is 2. The number of anilines is 1. The predicted octanol–water partition coefficient (Wildman–Crippen LogP) is 6.71. The Balaban J connectivity index is 1.84. The van der Waals surface area contributed by atoms with Gasteiger partial charge in [0.15, 0.2) is 0 Å². The topological polar surface area (TPSA) is 86.8 Å². The molecule has 0 spiro atoms. The summed E-state index contributed by atoms with van der Waals surface area (Å²) in [7, 11) is -4.17. The molecular weight excluding hydrogens is 606 g/mol. The van der Waals surface area contributed by atoms with Crippen LogP contribution in [0, 0.1) is 13.8 Å². The molecule has 1 atom stereocenters. The van der Waals surface area contributed by atoms with Gasteiger partial charge >= 0.3 is 0 Å². The zero-order valence-corrected chi connectivity index (χ0v) is 27.9. The lowest BCUT2D eigenvalue weighted by molar-refractivity contribution is -0.140. The lowest BCUT2D eigenvalue weighted by Crippen LogP contribution is -2.56. The Hall–Kier alpha value is -4.14. The van der Waals surface area contributed by atoms with Crippen LogP contribution in [0.3, 0.4) is 0 Å². The van der Waals surface area contributed by atoms with E-state index >= 15 is 0 Å². The molecule has 7 nitrogen and oxygen atoms in total. The van der Waals surface area contributed by atoms with Crippen molar-refractivity contribution in [1.29, 1.82) is 0 Å². The minimum absolute atomic E-state index is 0.000358. The first-order valence-electron chi connectivity index (χ1n) is 14.8. The number of benzene rings is 4. The maximum absolute atomic E-state index is 14.6. The molecule has 45 heavy (non-hydrogen) atoms. The quantitative estimate of drug-likeness (QED) is 0.197. The van der Waals surface area contributed by atoms with Crippen molar-refractivity contribution in [3.05, 3.63) is 130 Å². The van der Waals surface area contributed by atoms with E-state index in [2.05, 4.69) is 5.32 Å². The van der Waals surface area contributed by atoms with Crippen LogP contribution >= 0.6 is 11.6 Å². The number of aryl methyl sites for hydroxylation is 2. The number of amides is 2. The third-order valence-corrected chi connectivity index (χ3v) is 9.33. The molecule has 0 heterocycles. The van der Waals surface area contributed by atoms with E-state index in [1.54, 1.807) is 48.5 Å². The molecule has 0 saturated heterocycles. The molecule has 0 radical (unpaired) electrons. The lowest BCUT2D eigenvalue weighted by Gasteiger charge is -2.35. The van der Waals surface area contributed by atoms with Crippen molar-refractivity contribution in [3.63, 3.8) is 0 Å². The van der Waals surface area contributed by atoms with E-state index in [0.717, 1.165) is 21.0 Å². The SMILES string of the molecule is Cc1cc(C)cc(N(CC(=O)N(Cc2ccccc2Cl)[C@H](Cc2ccccc2)C(=O)NC(C)(C)C)S(=O)(=O)c2ccccc2)c1. The van der Waals surface area contributed by atoms with Gasteiger partial charge in [-0.25, -0.2) is 8.42 Å². The Morgan fingerprint density at radius 1 is 0.822 bits per heavy atom. The van der Waals surface area contributed by atoms with E-state index < -0.39 is 34.1 Å². The van der Waals surface area contributed by atoms with Gasteiger partial charge in [-0.15, -0.1) is 0 Å². The molecule has 9 heteroatoms. The van der Waals surface area contributed by atoms with Crippen LogP contribution in [0.25, 0.3) is 0 Å². The van der Waals surface area contributed by atoms with E-state index in [-0.39, 0.29) is 23.8 Å². The second kappa shape index (κ2) is 14.3. The van der Waals surface area contributed by atoms with Crippen LogP contribution in [0.4, 0.5) is 5.69 Å². The Morgan fingerprint density at radius 3 is 1.96 bits per heavy atom. The standard InChI is InChI=1S/C36H40ClN3O4S/c1-26-20-27(2)22-30(21-26)40(45(43,44)31-17-10-7-11-18-31)25-34(41)39(24-29-16-12-13-19-32(29)37)33(35(42)38-36(3,4)5)23-28-14-8-6-9-15-28/h6-22,33H,23-25H2,1-5H3,(H,38,42)/t33-/m1/s1. The number of halogens is 1. The molecule has 0 aliphatic heterocycles. The molecular formula is C36H40ClN3O4S. The summed E-state index contributed by atoms with van der Waals surface area (Å²) in [5.41, 5.74) is 2.98. The number of hydrogen-bond acceptors (Lipinski definition) is 4. The second-order valence-corrected chi connectivity index (χ2v) is 14.5. The molecule has 0 saturated carbocycles. The molecule has 2 amide bonds. The minimum atomic E-state index is -4.17. The number of sulfonamides is 1. The van der Waals surface area contributed by atoms with Gasteiger partial charge in [-0.05, 0) is 87.2 Å². The molecule has 4 aromatic rings. The van der Waals surface area contributed by atoms with Crippen LogP contribution in [0.2, 0.25) is 5.02 Å². The maximum atomic E-state index is 14.6. The first-order valence-corrected chi connectivity index (χ1v) is 16.6. The molecule has 0 unspecified atom stereocenters. The number of carbonyl (C=O) groups is 2. The smallest absolute Gasteiger partial charge is 0.264 e. The van der Waals surface area contributed by atoms with E-state index in [4.69, 9.17) is 11.6 Å². The highest BCUT2D eigenvalue weighted by atomic mass is 35.5. The summed E-state index contributed by atoms with van der Waals surface area (Å²) in [4.78, 5) is 30.1. The Kier molecular flexibility index (Phi) is 10.7. The van der Waals surface area contributed by atoms with Gasteiger partial charge in [0.1, 0.15) is 12.6 Å². The van der Waals surface area contributed by atoms with Gasteiger partial charge in [-0.2, -0.15) is 0 Å². The molecule has 4 aromatic carbocycles. The van der Waals surface area contributed by atoms with Crippen molar-refractivity contribution < 1.29 is 18.0 Å². The normalized spacial score (nSPS) is 12.3. The van der Waals surface area contributed by atoms with Crippen LogP contribution in [0.1, 0.15) is 43.0 Å². The van der Waals surface area contributed by atoms with Gasteiger partial charge in [0.25, 0.3) is 10.0 Å². The molecule has 0 aliphatic carbocycles. The van der Waals surface area contributed by atoms with Gasteiger partial charge in [0.05, 0.1) is 10.6 Å². The van der Waals surface area contributed by atoms with Gasteiger partial charge in [0.2, 0.25) is 11.8 Å². The summed E-state index contributed by atoms with van der Waals surface area (Å²) in [6, 6.07) is 29.1. The van der Waals surface area contributed by atoms with Crippen molar-refractivity contribution in [1.82, 2.24) is 10.2 Å².